The average molecular weight is 265 g/mol. The Hall–Kier alpha value is -1.66. The van der Waals surface area contributed by atoms with Crippen LogP contribution in [0.5, 0.6) is 0 Å². The van der Waals surface area contributed by atoms with Gasteiger partial charge in [-0.25, -0.2) is 4.98 Å². The Labute approximate surface area is 109 Å². The second-order valence-corrected chi connectivity index (χ2v) is 5.18. The molecule has 1 aromatic carbocycles. The predicted octanol–water partition coefficient (Wildman–Crippen LogP) is 2.24. The number of anilines is 2. The van der Waals surface area contributed by atoms with E-state index in [4.69, 9.17) is 10.5 Å². The minimum Gasteiger partial charge on any atom is -0.399 e. The Bertz CT molecular complexity index is 565. The largest absolute Gasteiger partial charge is 0.399 e. The van der Waals surface area contributed by atoms with Crippen molar-refractivity contribution in [1.29, 1.82) is 0 Å². The summed E-state index contributed by atoms with van der Waals surface area (Å²) in [6.07, 6.45) is 0.0333. The van der Waals surface area contributed by atoms with Gasteiger partial charge in [0.05, 0.1) is 16.3 Å². The molecule has 18 heavy (non-hydrogen) atoms. The quantitative estimate of drug-likeness (QED) is 0.831. The molecule has 1 heterocycles. The zero-order chi connectivity index (χ0) is 13.1. The number of hydrogen-bond donors (Lipinski definition) is 2. The summed E-state index contributed by atoms with van der Waals surface area (Å²) in [5.41, 5.74) is 7.20. The number of rotatable bonds is 4. The smallest absolute Gasteiger partial charge is 0.252 e. The average Bonchev–Trinajstić information content (AvgIpc) is 2.67. The van der Waals surface area contributed by atoms with E-state index in [9.17, 15) is 4.79 Å². The number of amides is 1. The van der Waals surface area contributed by atoms with Crippen molar-refractivity contribution < 1.29 is 9.53 Å². The molecule has 2 aromatic rings. The SMILES string of the molecule is CC(C)OCC(=O)Nc1nc2ccc(N)cc2s1. The van der Waals surface area contributed by atoms with Gasteiger partial charge in [-0.15, -0.1) is 0 Å². The summed E-state index contributed by atoms with van der Waals surface area (Å²) in [5.74, 6) is -0.198. The van der Waals surface area contributed by atoms with Crippen LogP contribution in [0.4, 0.5) is 10.8 Å². The highest BCUT2D eigenvalue weighted by atomic mass is 32.1. The highest BCUT2D eigenvalue weighted by molar-refractivity contribution is 7.22. The van der Waals surface area contributed by atoms with Crippen molar-refractivity contribution in [1.82, 2.24) is 4.98 Å². The predicted molar refractivity (Wildman–Crippen MR) is 73.8 cm³/mol. The lowest BCUT2D eigenvalue weighted by molar-refractivity contribution is -0.121. The molecule has 3 N–H and O–H groups in total. The highest BCUT2D eigenvalue weighted by Gasteiger charge is 2.08. The topological polar surface area (TPSA) is 77.2 Å². The number of ether oxygens (including phenoxy) is 1. The fourth-order valence-corrected chi connectivity index (χ4v) is 2.32. The first-order chi connectivity index (χ1) is 8.54. The zero-order valence-corrected chi connectivity index (χ0v) is 11.1. The Morgan fingerprint density at radius 2 is 2.33 bits per heavy atom. The van der Waals surface area contributed by atoms with Gasteiger partial charge in [0.15, 0.2) is 5.13 Å². The Morgan fingerprint density at radius 3 is 3.06 bits per heavy atom. The van der Waals surface area contributed by atoms with Crippen LogP contribution < -0.4 is 11.1 Å². The molecule has 1 aromatic heterocycles. The maximum atomic E-state index is 11.6. The molecule has 0 bridgehead atoms. The maximum absolute atomic E-state index is 11.6. The molecule has 6 heteroatoms. The number of carbonyl (C=O) groups excluding carboxylic acids is 1. The number of nitrogens with zero attached hydrogens (tertiary/aromatic N) is 1. The van der Waals surface area contributed by atoms with E-state index in [1.54, 1.807) is 6.07 Å². The maximum Gasteiger partial charge on any atom is 0.252 e. The summed E-state index contributed by atoms with van der Waals surface area (Å²) < 4.78 is 6.17. The molecule has 0 spiro atoms. The Kier molecular flexibility index (Phi) is 3.78. The normalized spacial score (nSPS) is 11.1. The lowest BCUT2D eigenvalue weighted by Crippen LogP contribution is -2.20. The molecule has 5 nitrogen and oxygen atoms in total. The van der Waals surface area contributed by atoms with Crippen LogP contribution in [-0.4, -0.2) is 23.6 Å². The molecular weight excluding hydrogens is 250 g/mol. The molecule has 2 rings (SSSR count). The number of aromatic nitrogens is 1. The van der Waals surface area contributed by atoms with Crippen molar-refractivity contribution >= 4 is 38.3 Å². The van der Waals surface area contributed by atoms with Gasteiger partial charge in [-0.3, -0.25) is 10.1 Å². The second kappa shape index (κ2) is 5.32. The summed E-state index contributed by atoms with van der Waals surface area (Å²) in [5, 5.41) is 3.27. The molecule has 0 saturated heterocycles. The lowest BCUT2D eigenvalue weighted by Gasteiger charge is -2.06. The molecule has 0 saturated carbocycles. The molecule has 0 aliphatic rings. The Balaban J connectivity index is 2.05. The summed E-state index contributed by atoms with van der Waals surface area (Å²) in [6.45, 7) is 3.80. The number of nitrogens with two attached hydrogens (primary N) is 1. The molecular formula is C12H15N3O2S. The summed E-state index contributed by atoms with van der Waals surface area (Å²) in [7, 11) is 0. The third kappa shape index (κ3) is 3.18. The number of nitrogens with one attached hydrogen (secondary N) is 1. The van der Waals surface area contributed by atoms with Crippen LogP contribution in [0.1, 0.15) is 13.8 Å². The molecule has 0 aliphatic heterocycles. The van der Waals surface area contributed by atoms with Gasteiger partial charge in [0.1, 0.15) is 6.61 Å². The third-order valence-electron chi connectivity index (χ3n) is 2.21. The van der Waals surface area contributed by atoms with Crippen LogP contribution in [0.3, 0.4) is 0 Å². The monoisotopic (exact) mass is 265 g/mol. The van der Waals surface area contributed by atoms with Crippen LogP contribution in [0.15, 0.2) is 18.2 Å². The number of hydrogen-bond acceptors (Lipinski definition) is 5. The van der Waals surface area contributed by atoms with E-state index < -0.39 is 0 Å². The second-order valence-electron chi connectivity index (χ2n) is 4.15. The van der Waals surface area contributed by atoms with Gasteiger partial charge >= 0.3 is 0 Å². The fraction of sp³-hybridized carbons (Fsp3) is 0.333. The third-order valence-corrected chi connectivity index (χ3v) is 3.14. The van der Waals surface area contributed by atoms with E-state index >= 15 is 0 Å². The number of benzene rings is 1. The van der Waals surface area contributed by atoms with Crippen molar-refractivity contribution in [3.05, 3.63) is 18.2 Å². The first-order valence-corrected chi connectivity index (χ1v) is 6.44. The van der Waals surface area contributed by atoms with Gasteiger partial charge in [0.2, 0.25) is 0 Å². The number of thiazole rings is 1. The number of nitrogen functional groups attached to an aromatic ring is 1. The van der Waals surface area contributed by atoms with Crippen molar-refractivity contribution in [2.45, 2.75) is 20.0 Å². The van der Waals surface area contributed by atoms with Crippen LogP contribution in [0.25, 0.3) is 10.2 Å². The summed E-state index contributed by atoms with van der Waals surface area (Å²) in [4.78, 5) is 15.9. The molecule has 0 atom stereocenters. The molecule has 96 valence electrons. The van der Waals surface area contributed by atoms with Gasteiger partial charge in [-0.05, 0) is 32.0 Å². The zero-order valence-electron chi connectivity index (χ0n) is 10.3. The van der Waals surface area contributed by atoms with Crippen molar-refractivity contribution in [3.63, 3.8) is 0 Å². The van der Waals surface area contributed by atoms with Crippen molar-refractivity contribution in [2.24, 2.45) is 0 Å². The Morgan fingerprint density at radius 1 is 1.56 bits per heavy atom. The van der Waals surface area contributed by atoms with Crippen LogP contribution in [0, 0.1) is 0 Å². The minimum absolute atomic E-state index is 0.0333. The van der Waals surface area contributed by atoms with Gasteiger partial charge in [-0.2, -0.15) is 0 Å². The van der Waals surface area contributed by atoms with E-state index in [2.05, 4.69) is 10.3 Å². The molecule has 0 fully saturated rings. The molecule has 0 aliphatic carbocycles. The van der Waals surface area contributed by atoms with Gasteiger partial charge in [0, 0.05) is 5.69 Å². The van der Waals surface area contributed by atoms with E-state index in [0.29, 0.717) is 10.8 Å². The first-order valence-electron chi connectivity index (χ1n) is 5.62. The van der Waals surface area contributed by atoms with Gasteiger partial charge < -0.3 is 10.5 Å². The summed E-state index contributed by atoms with van der Waals surface area (Å²) >= 11 is 1.40. The number of carbonyl (C=O) groups is 1. The standard InChI is InChI=1S/C12H15N3O2S/c1-7(2)17-6-11(16)15-12-14-9-4-3-8(13)5-10(9)18-12/h3-5,7H,6,13H2,1-2H3,(H,14,15,16). The number of fused-ring (bicyclic) bond motifs is 1. The van der Waals surface area contributed by atoms with Crippen LogP contribution in [0.2, 0.25) is 0 Å². The summed E-state index contributed by atoms with van der Waals surface area (Å²) in [6, 6.07) is 5.46. The lowest BCUT2D eigenvalue weighted by atomic mass is 10.3. The van der Waals surface area contributed by atoms with Crippen LogP contribution >= 0.6 is 11.3 Å². The molecule has 0 radical (unpaired) electrons. The fourth-order valence-electron chi connectivity index (χ4n) is 1.39. The van der Waals surface area contributed by atoms with E-state index in [1.165, 1.54) is 11.3 Å². The minimum atomic E-state index is -0.198. The van der Waals surface area contributed by atoms with Crippen molar-refractivity contribution in [3.8, 4) is 0 Å². The van der Waals surface area contributed by atoms with Crippen molar-refractivity contribution in [2.75, 3.05) is 17.7 Å². The van der Waals surface area contributed by atoms with E-state index in [-0.39, 0.29) is 18.6 Å². The highest BCUT2D eigenvalue weighted by Crippen LogP contribution is 2.27. The van der Waals surface area contributed by atoms with Gasteiger partial charge in [0.25, 0.3) is 5.91 Å². The molecule has 0 unspecified atom stereocenters. The van der Waals surface area contributed by atoms with E-state index in [0.717, 1.165) is 10.2 Å². The molecule has 1 amide bonds. The first kappa shape index (κ1) is 12.8. The van der Waals surface area contributed by atoms with E-state index in [1.807, 2.05) is 26.0 Å². The van der Waals surface area contributed by atoms with Gasteiger partial charge in [-0.1, -0.05) is 11.3 Å². The van der Waals surface area contributed by atoms with Crippen LogP contribution in [-0.2, 0) is 9.53 Å².